The monoisotopic (exact) mass is 400 g/mol. The van der Waals surface area contributed by atoms with Crippen LogP contribution in [0.1, 0.15) is 54.4 Å². The molecule has 2 amide bonds. The van der Waals surface area contributed by atoms with Crippen molar-refractivity contribution in [2.24, 2.45) is 11.8 Å². The van der Waals surface area contributed by atoms with Gasteiger partial charge in [0.2, 0.25) is 0 Å². The molecule has 2 N–H and O–H groups in total. The van der Waals surface area contributed by atoms with E-state index in [0.717, 1.165) is 24.3 Å². The lowest BCUT2D eigenvalue weighted by molar-refractivity contribution is -0.0756. The summed E-state index contributed by atoms with van der Waals surface area (Å²) in [4.78, 5) is 28.6. The summed E-state index contributed by atoms with van der Waals surface area (Å²) in [5.74, 6) is 0.280. The highest BCUT2D eigenvalue weighted by Crippen LogP contribution is 2.38. The average Bonchev–Trinajstić information content (AvgIpc) is 2.56. The molecule has 3 fully saturated rings. The number of hydrogen-bond acceptors (Lipinski definition) is 7. The second kappa shape index (κ2) is 8.55. The van der Waals surface area contributed by atoms with Crippen molar-refractivity contribution in [3.05, 3.63) is 0 Å². The second-order valence-electron chi connectivity index (χ2n) is 9.92. The van der Waals surface area contributed by atoms with E-state index in [9.17, 15) is 19.8 Å². The summed E-state index contributed by atoms with van der Waals surface area (Å²) in [6.07, 6.45) is -0.463. The SMILES string of the molecule is CC(C)(C)OC(=O)N(C[C@@H]1C[C@@H]2CCN1C[C@@H]2C(O)CO)C(=O)OC(C)(C)C. The van der Waals surface area contributed by atoms with E-state index in [1.165, 1.54) is 0 Å². The Balaban J connectivity index is 2.12. The van der Waals surface area contributed by atoms with Gasteiger partial charge in [-0.05, 0) is 66.8 Å². The smallest absolute Gasteiger partial charge is 0.419 e. The number of rotatable bonds is 4. The topological polar surface area (TPSA) is 99.5 Å². The number of amides is 2. The Hall–Kier alpha value is -1.38. The molecule has 8 heteroatoms. The van der Waals surface area contributed by atoms with Gasteiger partial charge in [-0.15, -0.1) is 0 Å². The maximum Gasteiger partial charge on any atom is 0.419 e. The molecule has 28 heavy (non-hydrogen) atoms. The third-order valence-electron chi connectivity index (χ3n) is 5.23. The molecule has 2 bridgehead atoms. The summed E-state index contributed by atoms with van der Waals surface area (Å²) >= 11 is 0. The predicted molar refractivity (Wildman–Crippen MR) is 104 cm³/mol. The van der Waals surface area contributed by atoms with E-state index in [-0.39, 0.29) is 31.0 Å². The molecule has 0 aromatic rings. The number of carbonyl (C=O) groups excluding carboxylic acids is 2. The van der Waals surface area contributed by atoms with Crippen LogP contribution in [0.15, 0.2) is 0 Å². The van der Waals surface area contributed by atoms with Crippen LogP contribution in [0.25, 0.3) is 0 Å². The summed E-state index contributed by atoms with van der Waals surface area (Å²) in [7, 11) is 0. The lowest BCUT2D eigenvalue weighted by Gasteiger charge is -2.51. The van der Waals surface area contributed by atoms with Crippen molar-refractivity contribution in [2.45, 2.75) is 77.7 Å². The highest BCUT2D eigenvalue weighted by Gasteiger charge is 2.45. The molecule has 2 unspecified atom stereocenters. The Labute approximate surface area is 167 Å². The largest absolute Gasteiger partial charge is 0.443 e. The van der Waals surface area contributed by atoms with Gasteiger partial charge in [-0.2, -0.15) is 0 Å². The zero-order valence-corrected chi connectivity index (χ0v) is 18.0. The maximum absolute atomic E-state index is 12.7. The number of imide groups is 1. The van der Waals surface area contributed by atoms with E-state index in [1.54, 1.807) is 41.5 Å². The first kappa shape index (κ1) is 22.9. The zero-order chi connectivity index (χ0) is 21.3. The number of aliphatic hydroxyl groups is 2. The molecule has 162 valence electrons. The summed E-state index contributed by atoms with van der Waals surface area (Å²) in [5, 5.41) is 19.4. The van der Waals surface area contributed by atoms with Crippen LogP contribution in [0.3, 0.4) is 0 Å². The van der Waals surface area contributed by atoms with Crippen molar-refractivity contribution in [1.29, 1.82) is 0 Å². The Bertz CT molecular complexity index is 540. The molecule has 0 aromatic heterocycles. The molecule has 3 heterocycles. The average molecular weight is 401 g/mol. The van der Waals surface area contributed by atoms with Crippen LogP contribution in [0.2, 0.25) is 0 Å². The van der Waals surface area contributed by atoms with E-state index < -0.39 is 29.5 Å². The van der Waals surface area contributed by atoms with Gasteiger partial charge in [-0.1, -0.05) is 0 Å². The Morgan fingerprint density at radius 1 is 1.11 bits per heavy atom. The van der Waals surface area contributed by atoms with Crippen LogP contribution < -0.4 is 0 Å². The summed E-state index contributed by atoms with van der Waals surface area (Å²) in [6, 6.07) is -0.0130. The fourth-order valence-corrected chi connectivity index (χ4v) is 4.01. The normalized spacial score (nSPS) is 28.6. The van der Waals surface area contributed by atoms with Crippen molar-refractivity contribution in [3.63, 3.8) is 0 Å². The maximum atomic E-state index is 12.7. The molecule has 3 aliphatic heterocycles. The summed E-state index contributed by atoms with van der Waals surface area (Å²) in [5.41, 5.74) is -1.45. The number of aliphatic hydroxyl groups excluding tert-OH is 2. The van der Waals surface area contributed by atoms with Crippen LogP contribution in [0.4, 0.5) is 9.59 Å². The standard InChI is InChI=1S/C20H36N2O6/c1-19(2,3)27-17(25)22(18(26)28-20(4,5)6)10-14-9-13-7-8-21(14)11-15(13)16(24)12-23/h13-16,23-24H,7-12H2,1-6H3/t13-,14-,15-,16?/m0/s1. The van der Waals surface area contributed by atoms with Crippen LogP contribution in [0, 0.1) is 11.8 Å². The van der Waals surface area contributed by atoms with Gasteiger partial charge in [-0.25, -0.2) is 14.5 Å². The van der Waals surface area contributed by atoms with Gasteiger partial charge in [0.15, 0.2) is 0 Å². The lowest BCUT2D eigenvalue weighted by atomic mass is 9.73. The molecule has 0 aliphatic carbocycles. The minimum absolute atomic E-state index is 0.0130. The summed E-state index contributed by atoms with van der Waals surface area (Å²) in [6.45, 7) is 12.0. The van der Waals surface area contributed by atoms with Gasteiger partial charge in [0.1, 0.15) is 11.2 Å². The minimum Gasteiger partial charge on any atom is -0.443 e. The number of piperidine rings is 3. The van der Waals surface area contributed by atoms with E-state index in [0.29, 0.717) is 6.54 Å². The van der Waals surface area contributed by atoms with Gasteiger partial charge in [0.25, 0.3) is 0 Å². The Morgan fingerprint density at radius 3 is 2.04 bits per heavy atom. The first-order valence-electron chi connectivity index (χ1n) is 10.1. The van der Waals surface area contributed by atoms with Gasteiger partial charge in [0.05, 0.1) is 19.3 Å². The van der Waals surface area contributed by atoms with Crippen molar-refractivity contribution < 1.29 is 29.3 Å². The van der Waals surface area contributed by atoms with Gasteiger partial charge in [0, 0.05) is 18.5 Å². The fourth-order valence-electron chi connectivity index (χ4n) is 4.01. The first-order chi connectivity index (χ1) is 12.8. The summed E-state index contributed by atoms with van der Waals surface area (Å²) < 4.78 is 10.9. The van der Waals surface area contributed by atoms with E-state index in [4.69, 9.17) is 9.47 Å². The molecule has 3 aliphatic rings. The third kappa shape index (κ3) is 6.06. The van der Waals surface area contributed by atoms with Gasteiger partial charge < -0.3 is 19.7 Å². The van der Waals surface area contributed by atoms with Crippen LogP contribution >= 0.6 is 0 Å². The third-order valence-corrected chi connectivity index (χ3v) is 5.23. The van der Waals surface area contributed by atoms with Gasteiger partial charge in [-0.3, -0.25) is 4.90 Å². The molecule has 0 saturated carbocycles. The number of nitrogens with zero attached hydrogens (tertiary/aromatic N) is 2. The molecular formula is C20H36N2O6. The molecule has 5 atom stereocenters. The lowest BCUT2D eigenvalue weighted by Crippen LogP contribution is -2.60. The molecule has 8 nitrogen and oxygen atoms in total. The van der Waals surface area contributed by atoms with Gasteiger partial charge >= 0.3 is 12.2 Å². The molecule has 0 radical (unpaired) electrons. The Kier molecular flexibility index (Phi) is 6.99. The zero-order valence-electron chi connectivity index (χ0n) is 18.0. The molecule has 0 aromatic carbocycles. The van der Waals surface area contributed by atoms with Crippen LogP contribution in [-0.4, -0.2) is 81.8 Å². The van der Waals surface area contributed by atoms with Crippen molar-refractivity contribution in [2.75, 3.05) is 26.2 Å². The number of carbonyl (C=O) groups is 2. The minimum atomic E-state index is -0.735. The fraction of sp³-hybridized carbons (Fsp3) is 0.900. The van der Waals surface area contributed by atoms with Crippen molar-refractivity contribution in [1.82, 2.24) is 9.80 Å². The number of ether oxygens (including phenoxy) is 2. The molecular weight excluding hydrogens is 364 g/mol. The molecule has 3 rings (SSSR count). The highest BCUT2D eigenvalue weighted by atomic mass is 16.6. The second-order valence-corrected chi connectivity index (χ2v) is 9.92. The quantitative estimate of drug-likeness (QED) is 0.746. The van der Waals surface area contributed by atoms with E-state index in [2.05, 4.69) is 4.90 Å². The Morgan fingerprint density at radius 2 is 1.64 bits per heavy atom. The van der Waals surface area contributed by atoms with E-state index >= 15 is 0 Å². The molecule has 3 saturated heterocycles. The highest BCUT2D eigenvalue weighted by molar-refractivity contribution is 5.88. The van der Waals surface area contributed by atoms with E-state index in [1.807, 2.05) is 0 Å². The van der Waals surface area contributed by atoms with Crippen molar-refractivity contribution in [3.8, 4) is 0 Å². The number of fused-ring (bicyclic) bond motifs is 3. The first-order valence-corrected chi connectivity index (χ1v) is 10.1. The number of hydrogen-bond donors (Lipinski definition) is 2. The van der Waals surface area contributed by atoms with Crippen LogP contribution in [-0.2, 0) is 9.47 Å². The molecule has 0 spiro atoms. The van der Waals surface area contributed by atoms with Crippen molar-refractivity contribution >= 4 is 12.2 Å². The van der Waals surface area contributed by atoms with Crippen LogP contribution in [0.5, 0.6) is 0 Å². The predicted octanol–water partition coefficient (Wildman–Crippen LogP) is 2.22.